The lowest BCUT2D eigenvalue weighted by Gasteiger charge is -2.35. The average Bonchev–Trinajstić information content (AvgIpc) is 3.16. The lowest BCUT2D eigenvalue weighted by molar-refractivity contribution is -0.137. The van der Waals surface area contributed by atoms with E-state index in [-0.39, 0.29) is 11.7 Å². The van der Waals surface area contributed by atoms with Crippen molar-refractivity contribution in [1.82, 2.24) is 14.5 Å². The van der Waals surface area contributed by atoms with Crippen LogP contribution in [0.4, 0.5) is 4.39 Å². The van der Waals surface area contributed by atoms with Crippen LogP contribution in [0.1, 0.15) is 56.4 Å². The summed E-state index contributed by atoms with van der Waals surface area (Å²) in [7, 11) is 1.94. The molecule has 1 saturated heterocycles. The number of nitrogens with zero attached hydrogens (tertiary/aromatic N) is 3. The number of hydrogen-bond acceptors (Lipinski definition) is 2. The number of amides is 1. The summed E-state index contributed by atoms with van der Waals surface area (Å²) in [6, 6.07) is 13.3. The van der Waals surface area contributed by atoms with Crippen LogP contribution in [0.3, 0.4) is 0 Å². The van der Waals surface area contributed by atoms with Gasteiger partial charge in [-0.3, -0.25) is 4.79 Å². The molecule has 1 saturated carbocycles. The largest absolute Gasteiger partial charge is 0.342 e. The number of halogens is 1. The fourth-order valence-corrected chi connectivity index (χ4v) is 5.40. The predicted molar refractivity (Wildman–Crippen MR) is 121 cm³/mol. The second-order valence-corrected chi connectivity index (χ2v) is 9.16. The topological polar surface area (TPSA) is 38.1 Å². The number of carbonyl (C=O) groups is 1. The molecule has 31 heavy (non-hydrogen) atoms. The molecule has 1 aromatic heterocycles. The zero-order valence-electron chi connectivity index (χ0n) is 18.2. The number of hydrogen-bond donors (Lipinski definition) is 0. The number of para-hydroxylation sites is 2. The fourth-order valence-electron chi connectivity index (χ4n) is 5.40. The molecule has 1 aliphatic carbocycles. The molecule has 1 aliphatic heterocycles. The molecule has 2 aromatic carbocycles. The Morgan fingerprint density at radius 2 is 1.74 bits per heavy atom. The van der Waals surface area contributed by atoms with Crippen molar-refractivity contribution in [3.05, 3.63) is 53.8 Å². The maximum atomic E-state index is 14.8. The number of aryl methyl sites for hydroxylation is 1. The highest BCUT2D eigenvalue weighted by Crippen LogP contribution is 2.34. The van der Waals surface area contributed by atoms with E-state index in [9.17, 15) is 9.18 Å². The summed E-state index contributed by atoms with van der Waals surface area (Å²) >= 11 is 0. The number of carbonyl (C=O) groups excluding carboxylic acids is 1. The van der Waals surface area contributed by atoms with Gasteiger partial charge in [0.15, 0.2) is 0 Å². The summed E-state index contributed by atoms with van der Waals surface area (Å²) in [4.78, 5) is 19.6. The molecule has 5 heteroatoms. The standard InChI is InChI=1S/C26H30FN3O/c1-29-24-10-6-5-9-23(24)28-25(29)21-17-20(11-12-22(21)27)18-13-15-30(16-14-18)26(31)19-7-3-2-4-8-19/h5-6,9-12,17-19H,2-4,7-8,13-16H2,1H3. The van der Waals surface area contributed by atoms with Gasteiger partial charge in [0.2, 0.25) is 5.91 Å². The van der Waals surface area contributed by atoms with Crippen LogP contribution >= 0.6 is 0 Å². The van der Waals surface area contributed by atoms with Crippen molar-refractivity contribution in [3.63, 3.8) is 0 Å². The van der Waals surface area contributed by atoms with Crippen LogP contribution in [0.5, 0.6) is 0 Å². The smallest absolute Gasteiger partial charge is 0.225 e. The monoisotopic (exact) mass is 419 g/mol. The third-order valence-electron chi connectivity index (χ3n) is 7.25. The zero-order valence-corrected chi connectivity index (χ0v) is 18.2. The van der Waals surface area contributed by atoms with Crippen LogP contribution < -0.4 is 0 Å². The van der Waals surface area contributed by atoms with Crippen molar-refractivity contribution in [2.45, 2.75) is 50.9 Å². The van der Waals surface area contributed by atoms with E-state index in [1.807, 2.05) is 48.0 Å². The first-order chi connectivity index (χ1) is 15.1. The number of likely N-dealkylation sites (tertiary alicyclic amines) is 1. The Kier molecular flexibility index (Phi) is 5.51. The van der Waals surface area contributed by atoms with E-state index in [4.69, 9.17) is 0 Å². The molecule has 4 nitrogen and oxygen atoms in total. The first-order valence-electron chi connectivity index (χ1n) is 11.6. The highest BCUT2D eigenvalue weighted by atomic mass is 19.1. The minimum absolute atomic E-state index is 0.236. The molecule has 1 amide bonds. The second-order valence-electron chi connectivity index (χ2n) is 9.16. The third kappa shape index (κ3) is 3.86. The second kappa shape index (κ2) is 8.45. The lowest BCUT2D eigenvalue weighted by Crippen LogP contribution is -2.41. The van der Waals surface area contributed by atoms with Crippen molar-refractivity contribution in [2.24, 2.45) is 13.0 Å². The number of rotatable bonds is 3. The molecule has 0 atom stereocenters. The number of piperidine rings is 1. The number of imidazole rings is 1. The van der Waals surface area contributed by atoms with Crippen LogP contribution in [-0.4, -0.2) is 33.4 Å². The molecule has 2 fully saturated rings. The summed E-state index contributed by atoms with van der Waals surface area (Å²) in [5, 5.41) is 0. The van der Waals surface area contributed by atoms with Gasteiger partial charge in [-0.2, -0.15) is 0 Å². The van der Waals surface area contributed by atoms with Crippen molar-refractivity contribution in [2.75, 3.05) is 13.1 Å². The molecule has 0 spiro atoms. The normalized spacial score (nSPS) is 18.6. The van der Waals surface area contributed by atoms with Gasteiger partial charge in [0, 0.05) is 26.1 Å². The fraction of sp³-hybridized carbons (Fsp3) is 0.462. The summed E-state index contributed by atoms with van der Waals surface area (Å²) in [5.41, 5.74) is 3.57. The van der Waals surface area contributed by atoms with Gasteiger partial charge in [-0.25, -0.2) is 9.37 Å². The van der Waals surface area contributed by atoms with E-state index in [0.717, 1.165) is 55.4 Å². The molecule has 2 heterocycles. The Labute approximate surface area is 183 Å². The van der Waals surface area contributed by atoms with Gasteiger partial charge in [-0.15, -0.1) is 0 Å². The van der Waals surface area contributed by atoms with Gasteiger partial charge in [0.1, 0.15) is 11.6 Å². The molecule has 0 bridgehead atoms. The first kappa shape index (κ1) is 20.2. The Hall–Kier alpha value is -2.69. The van der Waals surface area contributed by atoms with E-state index in [1.54, 1.807) is 6.07 Å². The van der Waals surface area contributed by atoms with Gasteiger partial charge in [0.05, 0.1) is 16.6 Å². The maximum Gasteiger partial charge on any atom is 0.225 e. The highest BCUT2D eigenvalue weighted by Gasteiger charge is 2.30. The zero-order chi connectivity index (χ0) is 21.4. The van der Waals surface area contributed by atoms with E-state index >= 15 is 0 Å². The molecular weight excluding hydrogens is 389 g/mol. The van der Waals surface area contributed by atoms with Crippen molar-refractivity contribution < 1.29 is 9.18 Å². The average molecular weight is 420 g/mol. The summed E-state index contributed by atoms with van der Waals surface area (Å²) < 4.78 is 16.8. The van der Waals surface area contributed by atoms with Crippen molar-refractivity contribution in [3.8, 4) is 11.4 Å². The Bertz CT molecular complexity index is 1090. The number of aromatic nitrogens is 2. The van der Waals surface area contributed by atoms with Gasteiger partial charge in [-0.05, 0) is 61.4 Å². The Morgan fingerprint density at radius 3 is 2.48 bits per heavy atom. The maximum absolute atomic E-state index is 14.8. The number of benzene rings is 2. The molecular formula is C26H30FN3O. The van der Waals surface area contributed by atoms with Crippen LogP contribution in [0.15, 0.2) is 42.5 Å². The summed E-state index contributed by atoms with van der Waals surface area (Å²) in [6.07, 6.45) is 7.62. The molecule has 0 unspecified atom stereocenters. The van der Waals surface area contributed by atoms with E-state index in [0.29, 0.717) is 23.2 Å². The van der Waals surface area contributed by atoms with E-state index < -0.39 is 0 Å². The van der Waals surface area contributed by atoms with Gasteiger partial charge < -0.3 is 9.47 Å². The minimum atomic E-state index is -0.243. The lowest BCUT2D eigenvalue weighted by atomic mass is 9.85. The van der Waals surface area contributed by atoms with E-state index in [2.05, 4.69) is 9.88 Å². The van der Waals surface area contributed by atoms with Crippen molar-refractivity contribution in [1.29, 1.82) is 0 Å². The van der Waals surface area contributed by atoms with Crippen LogP contribution in [0, 0.1) is 11.7 Å². The van der Waals surface area contributed by atoms with Crippen LogP contribution in [0.25, 0.3) is 22.4 Å². The minimum Gasteiger partial charge on any atom is -0.342 e. The molecule has 5 rings (SSSR count). The van der Waals surface area contributed by atoms with Gasteiger partial charge in [-0.1, -0.05) is 37.5 Å². The van der Waals surface area contributed by atoms with Gasteiger partial charge >= 0.3 is 0 Å². The Balaban J connectivity index is 1.34. The SMILES string of the molecule is Cn1c(-c2cc(C3CCN(C(=O)C4CCCCC4)CC3)ccc2F)nc2ccccc21. The molecule has 3 aromatic rings. The molecule has 162 valence electrons. The van der Waals surface area contributed by atoms with Gasteiger partial charge in [0.25, 0.3) is 0 Å². The summed E-state index contributed by atoms with van der Waals surface area (Å²) in [5.74, 6) is 1.36. The molecule has 0 N–H and O–H groups in total. The molecule has 0 radical (unpaired) electrons. The highest BCUT2D eigenvalue weighted by molar-refractivity contribution is 5.81. The quantitative estimate of drug-likeness (QED) is 0.549. The predicted octanol–water partition coefficient (Wildman–Crippen LogP) is 5.67. The first-order valence-corrected chi connectivity index (χ1v) is 11.6. The third-order valence-corrected chi connectivity index (χ3v) is 7.25. The van der Waals surface area contributed by atoms with Crippen molar-refractivity contribution >= 4 is 16.9 Å². The van der Waals surface area contributed by atoms with Crippen LogP contribution in [-0.2, 0) is 11.8 Å². The molecule has 2 aliphatic rings. The summed E-state index contributed by atoms with van der Waals surface area (Å²) in [6.45, 7) is 1.61. The van der Waals surface area contributed by atoms with E-state index in [1.165, 1.54) is 19.3 Å². The van der Waals surface area contributed by atoms with Crippen LogP contribution in [0.2, 0.25) is 0 Å². The number of fused-ring (bicyclic) bond motifs is 1. The Morgan fingerprint density at radius 1 is 1.00 bits per heavy atom.